The van der Waals surface area contributed by atoms with Crippen molar-refractivity contribution in [2.45, 2.75) is 118 Å². The molecule has 0 saturated carbocycles. The van der Waals surface area contributed by atoms with E-state index in [1.54, 1.807) is 0 Å². The Kier molecular flexibility index (Phi) is 10.3. The second kappa shape index (κ2) is 14.7. The SMILES string of the molecule is CCc1ccc(N(c2ccc3c(c2)C(CC)(CCC(C)C)c2ccccc2-3)c2ccc3c(c2)C(CCC(C)C)(CCC(C)C)c2ccccc2-3)cc1. The van der Waals surface area contributed by atoms with Crippen molar-refractivity contribution in [3.8, 4) is 22.3 Å². The van der Waals surface area contributed by atoms with Crippen LogP contribution in [-0.4, -0.2) is 0 Å². The predicted molar refractivity (Wildman–Crippen MR) is 225 cm³/mol. The van der Waals surface area contributed by atoms with Gasteiger partial charge >= 0.3 is 0 Å². The number of hydrogen-bond donors (Lipinski definition) is 0. The van der Waals surface area contributed by atoms with Crippen molar-refractivity contribution >= 4 is 17.1 Å². The molecule has 7 rings (SSSR count). The maximum absolute atomic E-state index is 2.59. The molecule has 1 unspecified atom stereocenters. The van der Waals surface area contributed by atoms with Crippen molar-refractivity contribution in [1.29, 1.82) is 0 Å². The average Bonchev–Trinajstić information content (AvgIpc) is 3.59. The predicted octanol–water partition coefficient (Wildman–Crippen LogP) is 15.0. The Balaban J connectivity index is 1.43. The van der Waals surface area contributed by atoms with Crippen LogP contribution >= 0.6 is 0 Å². The fraction of sp³-hybridized carbons (Fsp3) is 0.412. The third-order valence-electron chi connectivity index (χ3n) is 12.7. The molecule has 2 aliphatic rings. The molecule has 5 aromatic carbocycles. The molecule has 0 N–H and O–H groups in total. The molecule has 1 atom stereocenters. The lowest BCUT2D eigenvalue weighted by molar-refractivity contribution is 0.364. The number of nitrogens with zero attached hydrogens (tertiary/aromatic N) is 1. The number of benzene rings is 5. The number of hydrogen-bond acceptors (Lipinski definition) is 1. The summed E-state index contributed by atoms with van der Waals surface area (Å²) in [5, 5.41) is 0. The van der Waals surface area contributed by atoms with Gasteiger partial charge in [0.2, 0.25) is 0 Å². The summed E-state index contributed by atoms with van der Waals surface area (Å²) in [6, 6.07) is 42.7. The molecule has 0 fully saturated rings. The van der Waals surface area contributed by atoms with Crippen LogP contribution in [0.15, 0.2) is 109 Å². The lowest BCUT2D eigenvalue weighted by Crippen LogP contribution is -2.27. The molecule has 0 radical (unpaired) electrons. The molecule has 0 saturated heterocycles. The largest absolute Gasteiger partial charge is 0.310 e. The molecule has 5 aromatic rings. The third-order valence-corrected chi connectivity index (χ3v) is 12.7. The maximum atomic E-state index is 2.59. The van der Waals surface area contributed by atoms with Gasteiger partial charge in [0.25, 0.3) is 0 Å². The number of fused-ring (bicyclic) bond motifs is 6. The van der Waals surface area contributed by atoms with Gasteiger partial charge in [0.15, 0.2) is 0 Å². The molecule has 52 heavy (non-hydrogen) atoms. The molecule has 0 aromatic heterocycles. The average molecular weight is 688 g/mol. The Labute approximate surface area is 315 Å². The quantitative estimate of drug-likeness (QED) is 0.112. The summed E-state index contributed by atoms with van der Waals surface area (Å²) in [6.07, 6.45) is 9.34. The minimum Gasteiger partial charge on any atom is -0.310 e. The van der Waals surface area contributed by atoms with E-state index in [1.807, 2.05) is 0 Å². The van der Waals surface area contributed by atoms with Crippen molar-refractivity contribution in [3.63, 3.8) is 0 Å². The van der Waals surface area contributed by atoms with Gasteiger partial charge in [-0.15, -0.1) is 0 Å². The Morgan fingerprint density at radius 2 is 0.846 bits per heavy atom. The second-order valence-corrected chi connectivity index (χ2v) is 17.2. The number of aryl methyl sites for hydroxylation is 1. The summed E-state index contributed by atoms with van der Waals surface area (Å²) in [5.74, 6) is 1.99. The summed E-state index contributed by atoms with van der Waals surface area (Å²) < 4.78 is 0. The first kappa shape index (κ1) is 36.3. The van der Waals surface area contributed by atoms with E-state index < -0.39 is 0 Å². The van der Waals surface area contributed by atoms with E-state index in [0.29, 0.717) is 17.8 Å². The van der Waals surface area contributed by atoms with E-state index in [2.05, 4.69) is 169 Å². The highest BCUT2D eigenvalue weighted by molar-refractivity contribution is 5.88. The number of rotatable bonds is 14. The zero-order chi connectivity index (χ0) is 36.6. The van der Waals surface area contributed by atoms with E-state index in [9.17, 15) is 0 Å². The Hall–Kier alpha value is -4.10. The topological polar surface area (TPSA) is 3.24 Å². The molecule has 270 valence electrons. The Morgan fingerprint density at radius 1 is 0.442 bits per heavy atom. The molecule has 2 aliphatic carbocycles. The highest BCUT2D eigenvalue weighted by Gasteiger charge is 2.44. The van der Waals surface area contributed by atoms with Gasteiger partial charge in [0, 0.05) is 27.9 Å². The van der Waals surface area contributed by atoms with Gasteiger partial charge in [0.05, 0.1) is 0 Å². The smallest absolute Gasteiger partial charge is 0.0465 e. The van der Waals surface area contributed by atoms with Gasteiger partial charge in [-0.1, -0.05) is 128 Å². The fourth-order valence-electron chi connectivity index (χ4n) is 9.59. The van der Waals surface area contributed by atoms with Gasteiger partial charge in [-0.05, 0) is 156 Å². The fourth-order valence-corrected chi connectivity index (χ4v) is 9.59. The molecule has 1 nitrogen and oxygen atoms in total. The van der Waals surface area contributed by atoms with Crippen molar-refractivity contribution in [1.82, 2.24) is 0 Å². The lowest BCUT2D eigenvalue weighted by Gasteiger charge is -2.35. The van der Waals surface area contributed by atoms with E-state index >= 15 is 0 Å². The van der Waals surface area contributed by atoms with Crippen molar-refractivity contribution < 1.29 is 0 Å². The molecule has 1 heteroatoms. The summed E-state index contributed by atoms with van der Waals surface area (Å²) >= 11 is 0. The molecule has 0 bridgehead atoms. The normalized spacial score (nSPS) is 16.7. The van der Waals surface area contributed by atoms with Crippen LogP contribution in [0.3, 0.4) is 0 Å². The van der Waals surface area contributed by atoms with E-state index in [1.165, 1.54) is 106 Å². The van der Waals surface area contributed by atoms with Gasteiger partial charge in [-0.2, -0.15) is 0 Å². The first-order valence-electron chi connectivity index (χ1n) is 20.5. The van der Waals surface area contributed by atoms with Crippen LogP contribution in [0, 0.1) is 17.8 Å². The van der Waals surface area contributed by atoms with Gasteiger partial charge < -0.3 is 4.90 Å². The third kappa shape index (κ3) is 6.33. The molecular formula is C51H61N. The highest BCUT2D eigenvalue weighted by Crippen LogP contribution is 2.57. The first-order chi connectivity index (χ1) is 25.1. The molecule has 0 spiro atoms. The Bertz CT molecular complexity index is 2000. The number of anilines is 3. The molecule has 0 amide bonds. The van der Waals surface area contributed by atoms with Gasteiger partial charge in [-0.25, -0.2) is 0 Å². The van der Waals surface area contributed by atoms with Crippen LogP contribution in [-0.2, 0) is 17.3 Å². The lowest BCUT2D eigenvalue weighted by atomic mass is 9.69. The zero-order valence-electron chi connectivity index (χ0n) is 33.2. The van der Waals surface area contributed by atoms with Crippen LogP contribution in [0.1, 0.15) is 128 Å². The summed E-state index contributed by atoms with van der Waals surface area (Å²) in [5.41, 5.74) is 16.9. The first-order valence-corrected chi connectivity index (χ1v) is 20.5. The second-order valence-electron chi connectivity index (χ2n) is 17.2. The highest BCUT2D eigenvalue weighted by atomic mass is 15.1. The minimum atomic E-state index is 0.0159. The Morgan fingerprint density at radius 3 is 1.31 bits per heavy atom. The molecular weight excluding hydrogens is 627 g/mol. The minimum absolute atomic E-state index is 0.0159. The summed E-state index contributed by atoms with van der Waals surface area (Å²) in [6.45, 7) is 19.0. The standard InChI is InChI=1S/C51H61N/c1-9-38-19-21-39(22-20-38)52(40-23-25-44-42-15-11-13-17-46(42)50(10-2,48(44)33-40)30-27-35(3)4)41-24-26-45-43-16-12-14-18-47(43)51(49(45)34-41,31-28-36(5)6)32-29-37(7)8/h11-26,33-37H,9-10,27-32H2,1-8H3. The summed E-state index contributed by atoms with van der Waals surface area (Å²) in [7, 11) is 0. The van der Waals surface area contributed by atoms with E-state index in [-0.39, 0.29) is 10.8 Å². The van der Waals surface area contributed by atoms with E-state index in [4.69, 9.17) is 0 Å². The van der Waals surface area contributed by atoms with Gasteiger partial charge in [0.1, 0.15) is 0 Å². The van der Waals surface area contributed by atoms with Crippen LogP contribution in [0.5, 0.6) is 0 Å². The van der Waals surface area contributed by atoms with Crippen molar-refractivity contribution in [2.24, 2.45) is 17.8 Å². The maximum Gasteiger partial charge on any atom is 0.0465 e. The zero-order valence-corrected chi connectivity index (χ0v) is 33.2. The van der Waals surface area contributed by atoms with Crippen molar-refractivity contribution in [2.75, 3.05) is 4.90 Å². The summed E-state index contributed by atoms with van der Waals surface area (Å²) in [4.78, 5) is 2.56. The van der Waals surface area contributed by atoms with E-state index in [0.717, 1.165) is 12.8 Å². The molecule has 0 heterocycles. The van der Waals surface area contributed by atoms with Crippen molar-refractivity contribution in [3.05, 3.63) is 137 Å². The van der Waals surface area contributed by atoms with Crippen LogP contribution in [0.25, 0.3) is 22.3 Å². The van der Waals surface area contributed by atoms with Crippen LogP contribution < -0.4 is 4.90 Å². The van der Waals surface area contributed by atoms with Crippen LogP contribution in [0.2, 0.25) is 0 Å². The van der Waals surface area contributed by atoms with Gasteiger partial charge in [-0.3, -0.25) is 0 Å². The monoisotopic (exact) mass is 687 g/mol. The van der Waals surface area contributed by atoms with Crippen LogP contribution in [0.4, 0.5) is 17.1 Å². The molecule has 0 aliphatic heterocycles.